The Hall–Kier alpha value is -2.71. The fourth-order valence-corrected chi connectivity index (χ4v) is 3.83. The van der Waals surface area contributed by atoms with Crippen LogP contribution in [0.1, 0.15) is 39.1 Å². The molecule has 0 radical (unpaired) electrons. The van der Waals surface area contributed by atoms with Crippen molar-refractivity contribution >= 4 is 23.2 Å². The number of halogens is 1. The molecule has 3 unspecified atom stereocenters. The fraction of sp³-hybridized carbons (Fsp3) is 0.167. The molecule has 0 bridgehead atoms. The van der Waals surface area contributed by atoms with E-state index in [4.69, 9.17) is 11.6 Å². The minimum Gasteiger partial charge on any atom is -0.294 e. The highest BCUT2D eigenvalue weighted by Gasteiger charge is 2.36. The number of hydrogen-bond donors (Lipinski definition) is 0. The fourth-order valence-electron chi connectivity index (χ4n) is 3.34. The van der Waals surface area contributed by atoms with Gasteiger partial charge in [-0.15, -0.1) is 11.6 Å². The molecule has 27 heavy (non-hydrogen) atoms. The second-order valence-electron chi connectivity index (χ2n) is 6.59. The zero-order valence-electron chi connectivity index (χ0n) is 15.1. The van der Waals surface area contributed by atoms with E-state index in [-0.39, 0.29) is 11.6 Å². The Morgan fingerprint density at radius 3 is 1.56 bits per heavy atom. The quantitative estimate of drug-likeness (QED) is 0.387. The number of Topliss-reactive ketones (excluding diaryl/α,β-unsaturated/α-hetero) is 2. The van der Waals surface area contributed by atoms with Crippen LogP contribution in [0.25, 0.3) is 0 Å². The molecule has 3 aromatic rings. The number of hydrogen-bond acceptors (Lipinski definition) is 2. The summed E-state index contributed by atoms with van der Waals surface area (Å²) in [6.45, 7) is 1.85. The second-order valence-corrected chi connectivity index (χ2v) is 7.06. The molecule has 0 spiro atoms. The molecule has 0 amide bonds. The molecule has 0 N–H and O–H groups in total. The lowest BCUT2D eigenvalue weighted by Crippen LogP contribution is -2.31. The molecule has 136 valence electrons. The van der Waals surface area contributed by atoms with Crippen molar-refractivity contribution in [3.05, 3.63) is 108 Å². The van der Waals surface area contributed by atoms with Crippen LogP contribution in [-0.2, 0) is 0 Å². The van der Waals surface area contributed by atoms with Crippen LogP contribution in [0.2, 0.25) is 0 Å². The summed E-state index contributed by atoms with van der Waals surface area (Å²) in [5.74, 6) is -1.05. The van der Waals surface area contributed by atoms with Crippen molar-refractivity contribution in [1.29, 1.82) is 0 Å². The predicted octanol–water partition coefficient (Wildman–Crippen LogP) is 5.78. The normalized spacial score (nSPS) is 14.1. The highest BCUT2D eigenvalue weighted by Crippen LogP contribution is 2.35. The lowest BCUT2D eigenvalue weighted by molar-refractivity contribution is 0.0890. The number of carbonyl (C=O) groups is 2. The van der Waals surface area contributed by atoms with Gasteiger partial charge in [-0.05, 0) is 5.56 Å². The van der Waals surface area contributed by atoms with Gasteiger partial charge in [-0.25, -0.2) is 0 Å². The molecule has 0 fully saturated rings. The van der Waals surface area contributed by atoms with Gasteiger partial charge in [0.05, 0.1) is 0 Å². The van der Waals surface area contributed by atoms with Gasteiger partial charge < -0.3 is 0 Å². The second kappa shape index (κ2) is 8.79. The predicted molar refractivity (Wildman–Crippen MR) is 110 cm³/mol. The summed E-state index contributed by atoms with van der Waals surface area (Å²) < 4.78 is 0. The molecule has 0 aliphatic carbocycles. The average molecular weight is 377 g/mol. The minimum atomic E-state index is -0.836. The smallest absolute Gasteiger partial charge is 0.181 e. The topological polar surface area (TPSA) is 34.1 Å². The number of benzene rings is 3. The Kier molecular flexibility index (Phi) is 6.20. The van der Waals surface area contributed by atoms with Crippen LogP contribution in [0.4, 0.5) is 0 Å². The van der Waals surface area contributed by atoms with Crippen molar-refractivity contribution in [2.75, 3.05) is 0 Å². The standard InChI is InChI=1S/C24H21ClO2/c1-17(23(26)19-13-7-3-8-14-19)21(18-11-5-2-6-12-18)22(25)24(27)20-15-9-4-10-16-20/h2-17,21-22H,1H3. The number of rotatable bonds is 7. The monoisotopic (exact) mass is 376 g/mol. The molecule has 0 saturated carbocycles. The molecule has 0 heterocycles. The first-order valence-corrected chi connectivity index (χ1v) is 9.40. The first kappa shape index (κ1) is 19.1. The van der Waals surface area contributed by atoms with Gasteiger partial charge in [-0.2, -0.15) is 0 Å². The molecule has 3 heteroatoms. The van der Waals surface area contributed by atoms with Gasteiger partial charge in [-0.1, -0.05) is 97.9 Å². The Morgan fingerprint density at radius 1 is 0.667 bits per heavy atom. The summed E-state index contributed by atoms with van der Waals surface area (Å²) in [4.78, 5) is 26.0. The molecular formula is C24H21ClO2. The van der Waals surface area contributed by atoms with Crippen LogP contribution in [0.3, 0.4) is 0 Å². The number of carbonyl (C=O) groups excluding carboxylic acids is 2. The zero-order valence-corrected chi connectivity index (χ0v) is 15.8. The van der Waals surface area contributed by atoms with Crippen LogP contribution in [0.15, 0.2) is 91.0 Å². The van der Waals surface area contributed by atoms with E-state index in [0.29, 0.717) is 11.1 Å². The van der Waals surface area contributed by atoms with Crippen molar-refractivity contribution in [2.24, 2.45) is 5.92 Å². The number of ketones is 2. The maximum Gasteiger partial charge on any atom is 0.181 e. The minimum absolute atomic E-state index is 0.0176. The molecule has 0 aromatic heterocycles. The third-order valence-corrected chi connectivity index (χ3v) is 5.29. The lowest BCUT2D eigenvalue weighted by Gasteiger charge is -2.27. The van der Waals surface area contributed by atoms with Gasteiger partial charge in [0, 0.05) is 23.0 Å². The Bertz CT molecular complexity index is 834. The molecule has 0 aliphatic heterocycles. The van der Waals surface area contributed by atoms with Crippen molar-refractivity contribution in [3.8, 4) is 0 Å². The maximum atomic E-state index is 13.1. The van der Waals surface area contributed by atoms with Crippen LogP contribution in [-0.4, -0.2) is 16.9 Å². The maximum absolute atomic E-state index is 13.1. The van der Waals surface area contributed by atoms with Crippen molar-refractivity contribution in [2.45, 2.75) is 18.2 Å². The van der Waals surface area contributed by atoms with E-state index < -0.39 is 17.2 Å². The molecule has 3 aromatic carbocycles. The highest BCUT2D eigenvalue weighted by atomic mass is 35.5. The summed E-state index contributed by atoms with van der Waals surface area (Å²) in [6, 6.07) is 27.7. The van der Waals surface area contributed by atoms with Crippen molar-refractivity contribution < 1.29 is 9.59 Å². The van der Waals surface area contributed by atoms with E-state index in [1.165, 1.54) is 0 Å². The molecule has 2 nitrogen and oxygen atoms in total. The van der Waals surface area contributed by atoms with Crippen LogP contribution in [0, 0.1) is 5.92 Å². The summed E-state index contributed by atoms with van der Waals surface area (Å²) in [7, 11) is 0. The molecule has 0 aliphatic rings. The third kappa shape index (κ3) is 4.35. The van der Waals surface area contributed by atoms with Gasteiger partial charge in [0.2, 0.25) is 0 Å². The Labute approximate surface area is 164 Å². The summed E-state index contributed by atoms with van der Waals surface area (Å²) >= 11 is 6.69. The number of alkyl halides is 1. The van der Waals surface area contributed by atoms with Crippen molar-refractivity contribution in [3.63, 3.8) is 0 Å². The van der Waals surface area contributed by atoms with E-state index in [2.05, 4.69) is 0 Å². The SMILES string of the molecule is CC(C(=O)c1ccccc1)C(c1ccccc1)C(Cl)C(=O)c1ccccc1. The van der Waals surface area contributed by atoms with Crippen LogP contribution in [0.5, 0.6) is 0 Å². The Morgan fingerprint density at radius 2 is 1.07 bits per heavy atom. The van der Waals surface area contributed by atoms with E-state index in [1.54, 1.807) is 24.3 Å². The van der Waals surface area contributed by atoms with E-state index in [1.807, 2.05) is 73.7 Å². The van der Waals surface area contributed by atoms with E-state index in [9.17, 15) is 9.59 Å². The molecular weight excluding hydrogens is 356 g/mol. The highest BCUT2D eigenvalue weighted by molar-refractivity contribution is 6.34. The first-order valence-electron chi connectivity index (χ1n) is 8.97. The zero-order chi connectivity index (χ0) is 19.2. The van der Waals surface area contributed by atoms with Gasteiger partial charge in [0.1, 0.15) is 5.38 Å². The molecule has 3 atom stereocenters. The van der Waals surface area contributed by atoms with Crippen LogP contribution >= 0.6 is 11.6 Å². The molecule has 3 rings (SSSR count). The van der Waals surface area contributed by atoms with Crippen LogP contribution < -0.4 is 0 Å². The first-order chi connectivity index (χ1) is 13.1. The summed E-state index contributed by atoms with van der Waals surface area (Å²) in [5.41, 5.74) is 2.07. The average Bonchev–Trinajstić information content (AvgIpc) is 2.74. The third-order valence-electron chi connectivity index (χ3n) is 4.82. The van der Waals surface area contributed by atoms with Crippen molar-refractivity contribution in [1.82, 2.24) is 0 Å². The lowest BCUT2D eigenvalue weighted by atomic mass is 9.78. The largest absolute Gasteiger partial charge is 0.294 e. The summed E-state index contributed by atoms with van der Waals surface area (Å²) in [6.07, 6.45) is 0. The van der Waals surface area contributed by atoms with E-state index in [0.717, 1.165) is 5.56 Å². The molecule has 0 saturated heterocycles. The summed E-state index contributed by atoms with van der Waals surface area (Å²) in [5, 5.41) is -0.836. The van der Waals surface area contributed by atoms with Gasteiger partial charge in [-0.3, -0.25) is 9.59 Å². The van der Waals surface area contributed by atoms with Gasteiger partial charge >= 0.3 is 0 Å². The van der Waals surface area contributed by atoms with Gasteiger partial charge in [0.25, 0.3) is 0 Å². The van der Waals surface area contributed by atoms with E-state index >= 15 is 0 Å². The van der Waals surface area contributed by atoms with Gasteiger partial charge in [0.15, 0.2) is 11.6 Å². The Balaban J connectivity index is 1.96.